The quantitative estimate of drug-likeness (QED) is 0.578. The molecule has 0 bridgehead atoms. The summed E-state index contributed by atoms with van der Waals surface area (Å²) in [6.45, 7) is 2.86. The SMILES string of the molecule is CC1CC1NC(N)=NCc1ccccc1. The van der Waals surface area contributed by atoms with Gasteiger partial charge >= 0.3 is 0 Å². The van der Waals surface area contributed by atoms with Crippen LogP contribution >= 0.6 is 0 Å². The minimum Gasteiger partial charge on any atom is -0.370 e. The molecule has 3 heteroatoms. The van der Waals surface area contributed by atoms with Crippen LogP contribution in [-0.2, 0) is 6.54 Å². The largest absolute Gasteiger partial charge is 0.370 e. The Morgan fingerprint density at radius 3 is 2.73 bits per heavy atom. The molecule has 0 spiro atoms. The van der Waals surface area contributed by atoms with Gasteiger partial charge in [0, 0.05) is 6.04 Å². The van der Waals surface area contributed by atoms with Gasteiger partial charge < -0.3 is 11.1 Å². The highest BCUT2D eigenvalue weighted by Crippen LogP contribution is 2.28. The molecule has 1 saturated carbocycles. The number of guanidine groups is 1. The highest BCUT2D eigenvalue weighted by atomic mass is 15.1. The van der Waals surface area contributed by atoms with Crippen LogP contribution in [0, 0.1) is 5.92 Å². The second-order valence-corrected chi connectivity index (χ2v) is 4.15. The van der Waals surface area contributed by atoms with Gasteiger partial charge in [-0.25, -0.2) is 4.99 Å². The summed E-state index contributed by atoms with van der Waals surface area (Å²) < 4.78 is 0. The van der Waals surface area contributed by atoms with E-state index in [1.165, 1.54) is 12.0 Å². The molecule has 2 rings (SSSR count). The molecular weight excluding hydrogens is 186 g/mol. The Bertz CT molecular complexity index is 345. The van der Waals surface area contributed by atoms with Crippen LogP contribution in [-0.4, -0.2) is 12.0 Å². The average Bonchev–Trinajstić information content (AvgIpc) is 2.93. The van der Waals surface area contributed by atoms with Crippen LogP contribution in [0.1, 0.15) is 18.9 Å². The smallest absolute Gasteiger partial charge is 0.189 e. The third-order valence-corrected chi connectivity index (χ3v) is 2.72. The Morgan fingerprint density at radius 2 is 2.13 bits per heavy atom. The fraction of sp³-hybridized carbons (Fsp3) is 0.417. The zero-order valence-electron chi connectivity index (χ0n) is 8.98. The van der Waals surface area contributed by atoms with Crippen molar-refractivity contribution in [2.45, 2.75) is 25.9 Å². The maximum atomic E-state index is 5.76. The van der Waals surface area contributed by atoms with Gasteiger partial charge in [0.2, 0.25) is 0 Å². The van der Waals surface area contributed by atoms with Gasteiger partial charge in [0.15, 0.2) is 5.96 Å². The number of hydrogen-bond acceptors (Lipinski definition) is 1. The van der Waals surface area contributed by atoms with E-state index in [2.05, 4.69) is 29.4 Å². The lowest BCUT2D eigenvalue weighted by Gasteiger charge is -2.03. The fourth-order valence-corrected chi connectivity index (χ4v) is 1.52. The van der Waals surface area contributed by atoms with E-state index in [-0.39, 0.29) is 0 Å². The molecule has 1 aliphatic rings. The van der Waals surface area contributed by atoms with Gasteiger partial charge in [-0.3, -0.25) is 0 Å². The van der Waals surface area contributed by atoms with Crippen molar-refractivity contribution in [3.05, 3.63) is 35.9 Å². The minimum absolute atomic E-state index is 0.546. The normalized spacial score (nSPS) is 25.0. The van der Waals surface area contributed by atoms with Crippen LogP contribution in [0.4, 0.5) is 0 Å². The highest BCUT2D eigenvalue weighted by Gasteiger charge is 2.32. The average molecular weight is 203 g/mol. The van der Waals surface area contributed by atoms with Gasteiger partial charge in [-0.1, -0.05) is 37.3 Å². The van der Waals surface area contributed by atoms with E-state index < -0.39 is 0 Å². The molecule has 0 radical (unpaired) electrons. The molecule has 2 unspecified atom stereocenters. The van der Waals surface area contributed by atoms with Crippen LogP contribution in [0.15, 0.2) is 35.3 Å². The molecule has 1 aliphatic carbocycles. The molecule has 1 aromatic carbocycles. The first-order chi connectivity index (χ1) is 7.25. The van der Waals surface area contributed by atoms with Crippen molar-refractivity contribution in [1.29, 1.82) is 0 Å². The number of aliphatic imine (C=N–C) groups is 1. The molecule has 0 heterocycles. The summed E-state index contributed by atoms with van der Waals surface area (Å²) in [7, 11) is 0. The van der Waals surface area contributed by atoms with Crippen molar-refractivity contribution in [2.24, 2.45) is 16.6 Å². The second kappa shape index (κ2) is 4.34. The summed E-state index contributed by atoms with van der Waals surface area (Å²) >= 11 is 0. The monoisotopic (exact) mass is 203 g/mol. The van der Waals surface area contributed by atoms with E-state index >= 15 is 0 Å². The van der Waals surface area contributed by atoms with Gasteiger partial charge in [-0.15, -0.1) is 0 Å². The summed E-state index contributed by atoms with van der Waals surface area (Å²) in [5, 5.41) is 3.20. The Labute approximate surface area is 90.4 Å². The first-order valence-corrected chi connectivity index (χ1v) is 5.36. The molecule has 3 nitrogen and oxygen atoms in total. The third kappa shape index (κ3) is 2.98. The van der Waals surface area contributed by atoms with Crippen LogP contribution < -0.4 is 11.1 Å². The first kappa shape index (κ1) is 10.0. The molecule has 1 aromatic rings. The van der Waals surface area contributed by atoms with Gasteiger partial charge in [0.05, 0.1) is 6.54 Å². The zero-order chi connectivity index (χ0) is 10.7. The van der Waals surface area contributed by atoms with Crippen LogP contribution in [0.25, 0.3) is 0 Å². The van der Waals surface area contributed by atoms with Crippen molar-refractivity contribution in [3.8, 4) is 0 Å². The molecule has 0 amide bonds. The molecule has 0 saturated heterocycles. The van der Waals surface area contributed by atoms with E-state index in [9.17, 15) is 0 Å². The molecule has 15 heavy (non-hydrogen) atoms. The molecule has 80 valence electrons. The van der Waals surface area contributed by atoms with E-state index in [1.807, 2.05) is 18.2 Å². The summed E-state index contributed by atoms with van der Waals surface area (Å²) in [5.74, 6) is 1.31. The lowest BCUT2D eigenvalue weighted by molar-refractivity contribution is 0.801. The standard InChI is InChI=1S/C12H17N3/c1-9-7-11(9)15-12(13)14-8-10-5-3-2-4-6-10/h2-6,9,11H,7-8H2,1H3,(H3,13,14,15). The van der Waals surface area contributed by atoms with Crippen LogP contribution in [0.5, 0.6) is 0 Å². The summed E-state index contributed by atoms with van der Waals surface area (Å²) in [6, 6.07) is 10.7. The zero-order valence-corrected chi connectivity index (χ0v) is 8.98. The Kier molecular flexibility index (Phi) is 2.90. The predicted molar refractivity (Wildman–Crippen MR) is 62.5 cm³/mol. The Morgan fingerprint density at radius 1 is 1.47 bits per heavy atom. The van der Waals surface area contributed by atoms with Crippen molar-refractivity contribution in [2.75, 3.05) is 0 Å². The maximum Gasteiger partial charge on any atom is 0.189 e. The molecular formula is C12H17N3. The maximum absolute atomic E-state index is 5.76. The summed E-state index contributed by atoms with van der Waals surface area (Å²) in [6.07, 6.45) is 1.21. The van der Waals surface area contributed by atoms with Crippen LogP contribution in [0.3, 0.4) is 0 Å². The van der Waals surface area contributed by atoms with E-state index in [1.54, 1.807) is 0 Å². The predicted octanol–water partition coefficient (Wildman–Crippen LogP) is 1.50. The molecule has 1 fully saturated rings. The van der Waals surface area contributed by atoms with Gasteiger partial charge in [-0.05, 0) is 17.9 Å². The molecule has 0 aromatic heterocycles. The van der Waals surface area contributed by atoms with Crippen molar-refractivity contribution < 1.29 is 0 Å². The molecule has 3 N–H and O–H groups in total. The number of nitrogens with one attached hydrogen (secondary N) is 1. The first-order valence-electron chi connectivity index (χ1n) is 5.36. The van der Waals surface area contributed by atoms with Gasteiger partial charge in [-0.2, -0.15) is 0 Å². The third-order valence-electron chi connectivity index (χ3n) is 2.72. The second-order valence-electron chi connectivity index (χ2n) is 4.15. The Balaban J connectivity index is 1.83. The van der Waals surface area contributed by atoms with Crippen molar-refractivity contribution in [3.63, 3.8) is 0 Å². The van der Waals surface area contributed by atoms with Gasteiger partial charge in [0.25, 0.3) is 0 Å². The molecule has 2 atom stereocenters. The summed E-state index contributed by atoms with van der Waals surface area (Å²) in [5.41, 5.74) is 6.95. The molecule has 0 aliphatic heterocycles. The number of nitrogens with zero attached hydrogens (tertiary/aromatic N) is 1. The van der Waals surface area contributed by atoms with E-state index in [4.69, 9.17) is 5.73 Å². The summed E-state index contributed by atoms with van der Waals surface area (Å²) in [4.78, 5) is 4.29. The Hall–Kier alpha value is -1.51. The van der Waals surface area contributed by atoms with Crippen LogP contribution in [0.2, 0.25) is 0 Å². The van der Waals surface area contributed by atoms with Gasteiger partial charge in [0.1, 0.15) is 0 Å². The topological polar surface area (TPSA) is 50.4 Å². The van der Waals surface area contributed by atoms with Crippen molar-refractivity contribution in [1.82, 2.24) is 5.32 Å². The number of nitrogens with two attached hydrogens (primary N) is 1. The van der Waals surface area contributed by atoms with Crippen molar-refractivity contribution >= 4 is 5.96 Å². The lowest BCUT2D eigenvalue weighted by atomic mass is 10.2. The number of rotatable bonds is 3. The fourth-order valence-electron chi connectivity index (χ4n) is 1.52. The highest BCUT2D eigenvalue weighted by molar-refractivity contribution is 5.78. The number of hydrogen-bond donors (Lipinski definition) is 2. The van der Waals surface area contributed by atoms with E-state index in [0.29, 0.717) is 18.5 Å². The lowest BCUT2D eigenvalue weighted by Crippen LogP contribution is -2.34. The number of benzene rings is 1. The minimum atomic E-state index is 0.546. The van der Waals surface area contributed by atoms with E-state index in [0.717, 1.165) is 5.92 Å².